The Balaban J connectivity index is 2.62. The Bertz CT molecular complexity index is 1320. The van der Waals surface area contributed by atoms with Crippen molar-refractivity contribution < 1.29 is 33.8 Å². The molecule has 0 aliphatic carbocycles. The lowest BCUT2D eigenvalue weighted by Crippen LogP contribution is -2.56. The fourth-order valence-electron chi connectivity index (χ4n) is 4.91. The van der Waals surface area contributed by atoms with Crippen LogP contribution in [-0.4, -0.2) is 70.3 Å². The summed E-state index contributed by atoms with van der Waals surface area (Å²) in [6, 6.07) is 11.3. The van der Waals surface area contributed by atoms with Crippen LogP contribution in [-0.2, 0) is 30.3 Å². The molecule has 10 heteroatoms. The summed E-state index contributed by atoms with van der Waals surface area (Å²) in [5.74, 6) is -1.84. The van der Waals surface area contributed by atoms with E-state index in [0.717, 1.165) is 29.5 Å². The zero-order valence-corrected chi connectivity index (χ0v) is 28.9. The molecule has 254 valence electrons. The third kappa shape index (κ3) is 12.5. The van der Waals surface area contributed by atoms with Gasteiger partial charge in [0.15, 0.2) is 0 Å². The second kappa shape index (κ2) is 17.1. The Morgan fingerprint density at radius 1 is 0.848 bits per heavy atom. The predicted molar refractivity (Wildman–Crippen MR) is 178 cm³/mol. The number of benzene rings is 2. The van der Waals surface area contributed by atoms with E-state index in [4.69, 9.17) is 9.47 Å². The van der Waals surface area contributed by atoms with E-state index in [-0.39, 0.29) is 13.0 Å². The van der Waals surface area contributed by atoms with Crippen LogP contribution >= 0.6 is 0 Å². The summed E-state index contributed by atoms with van der Waals surface area (Å²) < 4.78 is 11.0. The molecule has 10 nitrogen and oxygen atoms in total. The van der Waals surface area contributed by atoms with E-state index in [9.17, 15) is 24.3 Å². The zero-order valence-electron chi connectivity index (χ0n) is 28.9. The molecule has 0 aliphatic rings. The van der Waals surface area contributed by atoms with Crippen molar-refractivity contribution in [2.75, 3.05) is 13.2 Å². The highest BCUT2D eigenvalue weighted by atomic mass is 16.6. The van der Waals surface area contributed by atoms with Gasteiger partial charge in [0.2, 0.25) is 11.8 Å². The molecular formula is C36H53N3O7. The maximum absolute atomic E-state index is 14.5. The number of carbonyl (C=O) groups excluding carboxylic acids is 4. The molecule has 0 heterocycles. The first kappa shape index (κ1) is 38.3. The molecular weight excluding hydrogens is 586 g/mol. The number of aryl methyl sites for hydroxylation is 2. The minimum atomic E-state index is -1.37. The van der Waals surface area contributed by atoms with Crippen molar-refractivity contribution in [3.05, 3.63) is 70.8 Å². The van der Waals surface area contributed by atoms with Crippen molar-refractivity contribution in [2.24, 2.45) is 0 Å². The largest absolute Gasteiger partial charge is 0.458 e. The number of alkyl carbamates (subject to hydrolysis) is 1. The highest BCUT2D eigenvalue weighted by molar-refractivity contribution is 5.94. The predicted octanol–water partition coefficient (Wildman–Crippen LogP) is 5.32. The number of nitrogens with one attached hydrogen (secondary N) is 2. The number of unbranched alkanes of at least 4 members (excludes halogenated alkanes) is 2. The second-order valence-electron chi connectivity index (χ2n) is 13.7. The van der Waals surface area contributed by atoms with Crippen LogP contribution in [0.5, 0.6) is 0 Å². The fourth-order valence-corrected chi connectivity index (χ4v) is 4.91. The summed E-state index contributed by atoms with van der Waals surface area (Å²) in [5, 5.41) is 15.6. The molecule has 2 rings (SSSR count). The second-order valence-corrected chi connectivity index (χ2v) is 13.7. The molecule has 0 aromatic heterocycles. The molecule has 2 aromatic rings. The van der Waals surface area contributed by atoms with Crippen molar-refractivity contribution >= 4 is 23.9 Å². The van der Waals surface area contributed by atoms with E-state index in [1.165, 1.54) is 4.90 Å². The number of hydrogen-bond acceptors (Lipinski definition) is 7. The van der Waals surface area contributed by atoms with Crippen molar-refractivity contribution in [1.82, 2.24) is 15.5 Å². The van der Waals surface area contributed by atoms with Gasteiger partial charge in [0, 0.05) is 13.0 Å². The van der Waals surface area contributed by atoms with E-state index in [0.29, 0.717) is 12.0 Å². The third-order valence-corrected chi connectivity index (χ3v) is 7.04. The number of aliphatic hydroxyl groups excluding tert-OH is 1. The highest BCUT2D eigenvalue weighted by Gasteiger charge is 2.38. The van der Waals surface area contributed by atoms with Crippen molar-refractivity contribution in [2.45, 2.75) is 117 Å². The molecule has 0 saturated carbocycles. The number of rotatable bonds is 14. The van der Waals surface area contributed by atoms with Crippen LogP contribution in [0, 0.1) is 13.8 Å². The average molecular weight is 640 g/mol. The summed E-state index contributed by atoms with van der Waals surface area (Å²) in [7, 11) is 0. The number of ether oxygens (including phenoxy) is 2. The molecule has 46 heavy (non-hydrogen) atoms. The Kier molecular flexibility index (Phi) is 14.2. The summed E-state index contributed by atoms with van der Waals surface area (Å²) >= 11 is 0. The van der Waals surface area contributed by atoms with Crippen LogP contribution in [0.3, 0.4) is 0 Å². The number of esters is 1. The van der Waals surface area contributed by atoms with E-state index in [1.807, 2.05) is 69.3 Å². The lowest BCUT2D eigenvalue weighted by Gasteiger charge is -2.35. The van der Waals surface area contributed by atoms with Gasteiger partial charge < -0.3 is 30.1 Å². The number of hydrogen-bond donors (Lipinski definition) is 3. The molecule has 3 amide bonds. The number of carbonyl (C=O) groups is 4. The number of nitrogens with zero attached hydrogens (tertiary/aromatic N) is 1. The van der Waals surface area contributed by atoms with Gasteiger partial charge >= 0.3 is 12.1 Å². The van der Waals surface area contributed by atoms with Gasteiger partial charge in [-0.1, -0.05) is 73.9 Å². The smallest absolute Gasteiger partial charge is 0.408 e. The van der Waals surface area contributed by atoms with Gasteiger partial charge in [0.05, 0.1) is 6.61 Å². The first-order valence-electron chi connectivity index (χ1n) is 16.0. The number of aliphatic hydroxyl groups is 1. The van der Waals surface area contributed by atoms with Gasteiger partial charge in [-0.3, -0.25) is 9.59 Å². The molecule has 2 aromatic carbocycles. The van der Waals surface area contributed by atoms with Gasteiger partial charge in [-0.15, -0.1) is 0 Å². The van der Waals surface area contributed by atoms with E-state index < -0.39 is 59.8 Å². The third-order valence-electron chi connectivity index (χ3n) is 7.04. The van der Waals surface area contributed by atoms with Crippen LogP contribution < -0.4 is 10.6 Å². The maximum Gasteiger partial charge on any atom is 0.408 e. The SMILES string of the molecule is CCCCCN(C(=O)C(CO)NC(=O)OC(C)(C)C)C(C(=O)NC(Cc1ccccc1)C(=O)OC(C)(C)C)c1cc(C)ccc1C. The topological polar surface area (TPSA) is 134 Å². The molecule has 0 spiro atoms. The first-order chi connectivity index (χ1) is 21.5. The minimum Gasteiger partial charge on any atom is -0.458 e. The highest BCUT2D eigenvalue weighted by Crippen LogP contribution is 2.28. The normalized spacial score (nSPS) is 13.6. The summed E-state index contributed by atoms with van der Waals surface area (Å²) in [6.07, 6.45) is 1.52. The van der Waals surface area contributed by atoms with Crippen molar-refractivity contribution in [1.29, 1.82) is 0 Å². The quantitative estimate of drug-likeness (QED) is 0.188. The Morgan fingerprint density at radius 3 is 2.04 bits per heavy atom. The van der Waals surface area contributed by atoms with Gasteiger partial charge in [0.25, 0.3) is 0 Å². The van der Waals surface area contributed by atoms with Gasteiger partial charge in [-0.25, -0.2) is 9.59 Å². The Hall–Kier alpha value is -3.92. The minimum absolute atomic E-state index is 0.167. The standard InChI is InChI=1S/C36H53N3O7/c1-10-11-15-20-39(32(42)29(23-40)38-34(44)46-36(7,8)9)30(27-21-24(2)18-19-25(27)3)31(41)37-28(33(43)45-35(4,5)6)22-26-16-13-12-14-17-26/h12-14,16-19,21,28-30,40H,10-11,15,20,22-23H2,1-9H3,(H,37,41)(H,38,44). The molecule has 0 radical (unpaired) electrons. The van der Waals surface area contributed by atoms with Gasteiger partial charge in [0.1, 0.15) is 29.3 Å². The lowest BCUT2D eigenvalue weighted by atomic mass is 9.95. The van der Waals surface area contributed by atoms with Gasteiger partial charge in [-0.2, -0.15) is 0 Å². The first-order valence-corrected chi connectivity index (χ1v) is 16.0. The maximum atomic E-state index is 14.5. The van der Waals surface area contributed by atoms with Crippen LogP contribution in [0.2, 0.25) is 0 Å². The molecule has 3 atom stereocenters. The molecule has 0 bridgehead atoms. The average Bonchev–Trinajstić information content (AvgIpc) is 2.95. The summed E-state index contributed by atoms with van der Waals surface area (Å²) in [6.45, 7) is 15.6. The molecule has 0 saturated heterocycles. The summed E-state index contributed by atoms with van der Waals surface area (Å²) in [5.41, 5.74) is 1.39. The molecule has 3 N–H and O–H groups in total. The summed E-state index contributed by atoms with van der Waals surface area (Å²) in [4.78, 5) is 56.2. The van der Waals surface area contributed by atoms with E-state index in [1.54, 1.807) is 41.5 Å². The molecule has 0 fully saturated rings. The van der Waals surface area contributed by atoms with Crippen LogP contribution in [0.1, 0.15) is 96.0 Å². The van der Waals surface area contributed by atoms with Crippen molar-refractivity contribution in [3.8, 4) is 0 Å². The van der Waals surface area contributed by atoms with Gasteiger partial charge in [-0.05, 0) is 78.5 Å². The van der Waals surface area contributed by atoms with Crippen LogP contribution in [0.15, 0.2) is 48.5 Å². The lowest BCUT2D eigenvalue weighted by molar-refractivity contribution is -0.159. The van der Waals surface area contributed by atoms with Crippen LogP contribution in [0.4, 0.5) is 4.79 Å². The fraction of sp³-hybridized carbons (Fsp3) is 0.556. The Labute approximate surface area is 274 Å². The Morgan fingerprint density at radius 2 is 1.48 bits per heavy atom. The van der Waals surface area contributed by atoms with Crippen LogP contribution in [0.25, 0.3) is 0 Å². The van der Waals surface area contributed by atoms with E-state index >= 15 is 0 Å². The van der Waals surface area contributed by atoms with E-state index in [2.05, 4.69) is 10.6 Å². The molecule has 3 unspecified atom stereocenters. The number of amides is 3. The zero-order chi connectivity index (χ0) is 34.7. The monoisotopic (exact) mass is 639 g/mol. The van der Waals surface area contributed by atoms with Crippen molar-refractivity contribution in [3.63, 3.8) is 0 Å². The molecule has 0 aliphatic heterocycles.